The number of nitrogens with two attached hydrogens (primary N) is 1. The molecule has 3 aliphatic rings. The van der Waals surface area contributed by atoms with Crippen LogP contribution in [0.1, 0.15) is 23.2 Å². The zero-order valence-electron chi connectivity index (χ0n) is 20.0. The third-order valence-electron chi connectivity index (χ3n) is 7.82. The second kappa shape index (κ2) is 9.10. The summed E-state index contributed by atoms with van der Waals surface area (Å²) in [6.45, 7) is 3.88. The van der Waals surface area contributed by atoms with E-state index in [-0.39, 0.29) is 11.6 Å². The molecule has 3 aromatic rings. The molecule has 1 aliphatic carbocycles. The number of aromatic nitrogens is 2. The van der Waals surface area contributed by atoms with Crippen molar-refractivity contribution in [1.82, 2.24) is 20.2 Å². The molecule has 3 unspecified atom stereocenters. The Balaban J connectivity index is 1.18. The van der Waals surface area contributed by atoms with E-state index in [1.165, 1.54) is 12.4 Å². The van der Waals surface area contributed by atoms with Gasteiger partial charge in [0.2, 0.25) is 5.95 Å². The highest BCUT2D eigenvalue weighted by Gasteiger charge is 2.57. The molecule has 0 radical (unpaired) electrons. The van der Waals surface area contributed by atoms with Gasteiger partial charge >= 0.3 is 0 Å². The fourth-order valence-corrected chi connectivity index (χ4v) is 7.33. The van der Waals surface area contributed by atoms with Gasteiger partial charge in [-0.2, -0.15) is 0 Å². The summed E-state index contributed by atoms with van der Waals surface area (Å²) in [7, 11) is -3.58. The van der Waals surface area contributed by atoms with Crippen molar-refractivity contribution in [3.05, 3.63) is 60.4 Å². The van der Waals surface area contributed by atoms with E-state index in [0.717, 1.165) is 49.8 Å². The van der Waals surface area contributed by atoms with Crippen LogP contribution >= 0.6 is 0 Å². The predicted octanol–water partition coefficient (Wildman–Crippen LogP) is 1.65. The van der Waals surface area contributed by atoms with Gasteiger partial charge in [-0.25, -0.2) is 18.4 Å². The number of amides is 1. The molecule has 36 heavy (non-hydrogen) atoms. The van der Waals surface area contributed by atoms with E-state index in [4.69, 9.17) is 5.73 Å². The minimum atomic E-state index is -3.58. The number of nitrogens with one attached hydrogen (secondary N) is 1. The summed E-state index contributed by atoms with van der Waals surface area (Å²) in [5.41, 5.74) is 5.56. The van der Waals surface area contributed by atoms with Crippen molar-refractivity contribution in [2.75, 3.05) is 37.6 Å². The summed E-state index contributed by atoms with van der Waals surface area (Å²) in [6, 6.07) is 13.4. The molecule has 3 atom stereocenters. The second-order valence-electron chi connectivity index (χ2n) is 10.1. The van der Waals surface area contributed by atoms with Crippen LogP contribution in [0.15, 0.2) is 59.8 Å². The van der Waals surface area contributed by atoms with Crippen molar-refractivity contribution >= 4 is 32.5 Å². The molecule has 10 heteroatoms. The van der Waals surface area contributed by atoms with Crippen LogP contribution in [0, 0.1) is 11.8 Å². The Morgan fingerprint density at radius 3 is 2.36 bits per heavy atom. The number of anilines is 1. The number of fused-ring (bicyclic) bond motifs is 2. The van der Waals surface area contributed by atoms with Crippen LogP contribution in [0.2, 0.25) is 0 Å². The van der Waals surface area contributed by atoms with Gasteiger partial charge in [-0.3, -0.25) is 10.1 Å². The average molecular weight is 507 g/mol. The fraction of sp³-hybridized carbons (Fsp3) is 0.423. The van der Waals surface area contributed by atoms with Crippen LogP contribution in [0.4, 0.5) is 5.95 Å². The quantitative estimate of drug-likeness (QED) is 0.473. The highest BCUT2D eigenvalue weighted by atomic mass is 32.2. The summed E-state index contributed by atoms with van der Waals surface area (Å²) in [6.07, 6.45) is 5.13. The van der Waals surface area contributed by atoms with Crippen molar-refractivity contribution in [3.8, 4) is 0 Å². The van der Waals surface area contributed by atoms with Crippen molar-refractivity contribution in [1.29, 1.82) is 0 Å². The number of hydrogen-bond donors (Lipinski definition) is 2. The first-order valence-corrected chi connectivity index (χ1v) is 14.0. The Labute approximate surface area is 210 Å². The number of benzene rings is 2. The molecule has 0 bridgehead atoms. The molecule has 3 heterocycles. The van der Waals surface area contributed by atoms with Gasteiger partial charge in [0.25, 0.3) is 5.91 Å². The summed E-state index contributed by atoms with van der Waals surface area (Å²) in [4.78, 5) is 24.6. The lowest BCUT2D eigenvalue weighted by Gasteiger charge is -2.27. The molecule has 2 aliphatic heterocycles. The van der Waals surface area contributed by atoms with Crippen LogP contribution in [0.3, 0.4) is 0 Å². The lowest BCUT2D eigenvalue weighted by molar-refractivity contribution is 0.0999. The lowest BCUT2D eigenvalue weighted by atomic mass is 10.1. The van der Waals surface area contributed by atoms with E-state index in [2.05, 4.69) is 25.1 Å². The van der Waals surface area contributed by atoms with E-state index in [1.54, 1.807) is 12.1 Å². The average Bonchev–Trinajstić information content (AvgIpc) is 3.27. The normalized spacial score (nSPS) is 24.7. The van der Waals surface area contributed by atoms with E-state index in [9.17, 15) is 13.2 Å². The first-order valence-electron chi connectivity index (χ1n) is 12.5. The zero-order chi connectivity index (χ0) is 24.9. The lowest BCUT2D eigenvalue weighted by Crippen LogP contribution is -2.48. The topological polar surface area (TPSA) is 122 Å². The van der Waals surface area contributed by atoms with Gasteiger partial charge in [-0.15, -0.1) is 0 Å². The smallest absolute Gasteiger partial charge is 0.251 e. The maximum absolute atomic E-state index is 13.9. The summed E-state index contributed by atoms with van der Waals surface area (Å²) < 4.78 is 27.7. The number of likely N-dealkylation sites (tertiary alicyclic amines) is 1. The Hall–Kier alpha value is -3.08. The first-order chi connectivity index (χ1) is 17.4. The highest BCUT2D eigenvalue weighted by Crippen LogP contribution is 2.46. The van der Waals surface area contributed by atoms with Gasteiger partial charge in [0.05, 0.1) is 10.5 Å². The van der Waals surface area contributed by atoms with Crippen molar-refractivity contribution in [2.45, 2.75) is 29.2 Å². The zero-order valence-corrected chi connectivity index (χ0v) is 20.8. The number of primary amides is 1. The number of carbonyl (C=O) groups is 1. The minimum absolute atomic E-state index is 0.147. The van der Waals surface area contributed by atoms with Crippen LogP contribution in [0.25, 0.3) is 10.8 Å². The molecule has 2 aromatic carbocycles. The molecule has 3 fully saturated rings. The fourth-order valence-electron chi connectivity index (χ4n) is 5.71. The Kier molecular flexibility index (Phi) is 5.89. The Morgan fingerprint density at radius 1 is 1.03 bits per heavy atom. The molecule has 3 N–H and O–H groups in total. The predicted molar refractivity (Wildman–Crippen MR) is 137 cm³/mol. The third-order valence-corrected chi connectivity index (χ3v) is 9.77. The van der Waals surface area contributed by atoms with Crippen LogP contribution in [0.5, 0.6) is 0 Å². The van der Waals surface area contributed by atoms with Crippen molar-refractivity contribution in [3.63, 3.8) is 0 Å². The van der Waals surface area contributed by atoms with Gasteiger partial charge in [0.1, 0.15) is 5.37 Å². The molecule has 1 saturated carbocycles. The number of sulfone groups is 1. The van der Waals surface area contributed by atoms with E-state index < -0.39 is 21.1 Å². The summed E-state index contributed by atoms with van der Waals surface area (Å²) in [5.74, 6) is 0.713. The number of piperidine rings is 1. The number of nitrogens with zero attached hydrogens (tertiary/aromatic N) is 4. The monoisotopic (exact) mass is 506 g/mol. The molecular weight excluding hydrogens is 476 g/mol. The standard InChI is InChI=1S/C26H30N6O3S/c27-25(33)19-12-28-26(29-13-19)32-14-21-22(15-32)24(21)30-23(16-31-9-3-4-10-31)36(34,35)20-8-7-17-5-1-2-6-18(17)11-20/h1-2,5-8,11-13,21-24,30H,3-4,9-10,14-16H2,(H2,27,33). The number of rotatable bonds is 8. The van der Waals surface area contributed by atoms with Crippen LogP contribution in [-0.4, -0.2) is 73.3 Å². The summed E-state index contributed by atoms with van der Waals surface area (Å²) in [5, 5.41) is 4.85. The second-order valence-corrected chi connectivity index (χ2v) is 12.2. The molecule has 1 amide bonds. The first kappa shape index (κ1) is 23.3. The largest absolute Gasteiger partial charge is 0.366 e. The van der Waals surface area contributed by atoms with Gasteiger partial charge in [0, 0.05) is 38.1 Å². The van der Waals surface area contributed by atoms with Crippen molar-refractivity contribution < 1.29 is 13.2 Å². The van der Waals surface area contributed by atoms with Gasteiger partial charge < -0.3 is 15.5 Å². The number of carbonyl (C=O) groups excluding carboxylic acids is 1. The maximum Gasteiger partial charge on any atom is 0.251 e. The van der Waals surface area contributed by atoms with Gasteiger partial charge in [-0.1, -0.05) is 30.3 Å². The molecule has 9 nitrogen and oxygen atoms in total. The van der Waals surface area contributed by atoms with Gasteiger partial charge in [-0.05, 0) is 60.7 Å². The minimum Gasteiger partial charge on any atom is -0.366 e. The molecule has 6 rings (SSSR count). The molecule has 188 valence electrons. The van der Waals surface area contributed by atoms with Crippen LogP contribution in [-0.2, 0) is 9.84 Å². The Bertz CT molecular complexity index is 1380. The third kappa shape index (κ3) is 4.33. The molecule has 0 spiro atoms. The maximum atomic E-state index is 13.9. The SMILES string of the molecule is NC(=O)c1cnc(N2CC3C(C2)C3NC(CN2CCCC2)S(=O)(=O)c2ccc3ccccc3c2)nc1. The summed E-state index contributed by atoms with van der Waals surface area (Å²) >= 11 is 0. The highest BCUT2D eigenvalue weighted by molar-refractivity contribution is 7.92. The van der Waals surface area contributed by atoms with E-state index >= 15 is 0 Å². The van der Waals surface area contributed by atoms with Crippen molar-refractivity contribution in [2.24, 2.45) is 17.6 Å². The van der Waals surface area contributed by atoms with E-state index in [0.29, 0.717) is 29.2 Å². The van der Waals surface area contributed by atoms with E-state index in [1.807, 2.05) is 30.3 Å². The van der Waals surface area contributed by atoms with Gasteiger partial charge in [0.15, 0.2) is 9.84 Å². The molecular formula is C26H30N6O3S. The van der Waals surface area contributed by atoms with Crippen LogP contribution < -0.4 is 16.0 Å². The Morgan fingerprint density at radius 2 is 1.69 bits per heavy atom. The molecule has 1 aromatic heterocycles. The number of hydrogen-bond acceptors (Lipinski definition) is 8. The molecule has 2 saturated heterocycles.